The van der Waals surface area contributed by atoms with Crippen molar-refractivity contribution in [1.29, 1.82) is 5.26 Å². The van der Waals surface area contributed by atoms with E-state index < -0.39 is 0 Å². The second kappa shape index (κ2) is 6.25. The molecule has 1 aliphatic heterocycles. The third-order valence-electron chi connectivity index (χ3n) is 3.98. The Hall–Kier alpha value is -1.57. The molecule has 1 aromatic rings. The highest BCUT2D eigenvalue weighted by atomic mass is 16.5. The summed E-state index contributed by atoms with van der Waals surface area (Å²) in [6.45, 7) is 2.35. The number of benzene rings is 1. The molecule has 2 atom stereocenters. The van der Waals surface area contributed by atoms with Crippen LogP contribution in [0.4, 0.5) is 0 Å². The summed E-state index contributed by atoms with van der Waals surface area (Å²) in [6, 6.07) is 9.81. The van der Waals surface area contributed by atoms with E-state index in [4.69, 9.17) is 14.7 Å². The van der Waals surface area contributed by atoms with E-state index in [2.05, 4.69) is 11.4 Å². The molecule has 4 nitrogen and oxygen atoms in total. The summed E-state index contributed by atoms with van der Waals surface area (Å²) >= 11 is 0. The van der Waals surface area contributed by atoms with Crippen molar-refractivity contribution in [3.8, 4) is 11.8 Å². The lowest BCUT2D eigenvalue weighted by Crippen LogP contribution is -2.39. The zero-order chi connectivity index (χ0) is 13.8. The number of nitrogens with one attached hydrogen (secondary N) is 1. The highest BCUT2D eigenvalue weighted by Gasteiger charge is 2.40. The summed E-state index contributed by atoms with van der Waals surface area (Å²) in [5.41, 5.74) is 0.658. The van der Waals surface area contributed by atoms with Gasteiger partial charge in [-0.15, -0.1) is 0 Å². The fourth-order valence-corrected chi connectivity index (χ4v) is 2.76. The fourth-order valence-electron chi connectivity index (χ4n) is 2.76. The van der Waals surface area contributed by atoms with Crippen molar-refractivity contribution in [3.05, 3.63) is 29.8 Å². The maximum atomic E-state index is 8.73. The van der Waals surface area contributed by atoms with Crippen LogP contribution in [0.3, 0.4) is 0 Å². The van der Waals surface area contributed by atoms with E-state index in [1.54, 1.807) is 12.1 Å². The average molecular weight is 272 g/mol. The van der Waals surface area contributed by atoms with E-state index in [-0.39, 0.29) is 0 Å². The third-order valence-corrected chi connectivity index (χ3v) is 3.98. The lowest BCUT2D eigenvalue weighted by Gasteiger charge is -2.19. The van der Waals surface area contributed by atoms with Crippen LogP contribution in [0.1, 0.15) is 24.8 Å². The molecular weight excluding hydrogens is 252 g/mol. The Morgan fingerprint density at radius 3 is 2.75 bits per heavy atom. The molecule has 1 heterocycles. The number of hydrogen-bond acceptors (Lipinski definition) is 4. The Labute approximate surface area is 119 Å². The van der Waals surface area contributed by atoms with Crippen LogP contribution >= 0.6 is 0 Å². The third kappa shape index (κ3) is 3.30. The maximum absolute atomic E-state index is 8.73. The molecule has 0 spiro atoms. The van der Waals surface area contributed by atoms with Gasteiger partial charge >= 0.3 is 0 Å². The van der Waals surface area contributed by atoms with Gasteiger partial charge in [0.15, 0.2) is 0 Å². The molecule has 2 fully saturated rings. The molecule has 0 bridgehead atoms. The molecule has 1 aliphatic carbocycles. The van der Waals surface area contributed by atoms with Gasteiger partial charge in [-0.2, -0.15) is 5.26 Å². The summed E-state index contributed by atoms with van der Waals surface area (Å²) in [5, 5.41) is 12.3. The first kappa shape index (κ1) is 13.4. The van der Waals surface area contributed by atoms with Crippen LogP contribution in [0.2, 0.25) is 0 Å². The predicted molar refractivity (Wildman–Crippen MR) is 75.5 cm³/mol. The van der Waals surface area contributed by atoms with Gasteiger partial charge in [0.2, 0.25) is 0 Å². The van der Waals surface area contributed by atoms with Crippen molar-refractivity contribution in [3.63, 3.8) is 0 Å². The van der Waals surface area contributed by atoms with Crippen LogP contribution < -0.4 is 10.1 Å². The lowest BCUT2D eigenvalue weighted by molar-refractivity contribution is 0.0804. The SMILES string of the molecule is N#Cc1ccc(OCCN[C@@H]2CCO[C@H]2C2CC2)cc1. The van der Waals surface area contributed by atoms with Gasteiger partial charge in [-0.25, -0.2) is 0 Å². The van der Waals surface area contributed by atoms with Crippen LogP contribution in [-0.4, -0.2) is 31.9 Å². The zero-order valence-corrected chi connectivity index (χ0v) is 11.5. The number of ether oxygens (including phenoxy) is 2. The molecule has 1 N–H and O–H groups in total. The molecule has 0 radical (unpaired) electrons. The van der Waals surface area contributed by atoms with Crippen LogP contribution in [0.25, 0.3) is 0 Å². The average Bonchev–Trinajstić information content (AvgIpc) is 3.23. The first-order valence-electron chi connectivity index (χ1n) is 7.35. The molecule has 0 amide bonds. The molecule has 0 unspecified atom stereocenters. The van der Waals surface area contributed by atoms with Crippen molar-refractivity contribution in [2.45, 2.75) is 31.4 Å². The zero-order valence-electron chi connectivity index (χ0n) is 11.5. The highest BCUT2D eigenvalue weighted by molar-refractivity contribution is 5.34. The highest BCUT2D eigenvalue weighted by Crippen LogP contribution is 2.38. The lowest BCUT2D eigenvalue weighted by atomic mass is 10.1. The normalized spacial score (nSPS) is 25.4. The van der Waals surface area contributed by atoms with Gasteiger partial charge in [-0.05, 0) is 49.4 Å². The smallest absolute Gasteiger partial charge is 0.119 e. The van der Waals surface area contributed by atoms with Crippen molar-refractivity contribution in [1.82, 2.24) is 5.32 Å². The Bertz CT molecular complexity index is 476. The van der Waals surface area contributed by atoms with Gasteiger partial charge in [0.25, 0.3) is 0 Å². The number of hydrogen-bond donors (Lipinski definition) is 1. The summed E-state index contributed by atoms with van der Waals surface area (Å²) in [7, 11) is 0. The summed E-state index contributed by atoms with van der Waals surface area (Å²) in [4.78, 5) is 0. The monoisotopic (exact) mass is 272 g/mol. The van der Waals surface area contributed by atoms with Gasteiger partial charge < -0.3 is 14.8 Å². The maximum Gasteiger partial charge on any atom is 0.119 e. The minimum absolute atomic E-state index is 0.421. The first-order chi connectivity index (χ1) is 9.86. The van der Waals surface area contributed by atoms with Crippen molar-refractivity contribution >= 4 is 0 Å². The molecule has 1 saturated carbocycles. The molecule has 1 saturated heterocycles. The van der Waals surface area contributed by atoms with E-state index in [0.717, 1.165) is 31.2 Å². The largest absolute Gasteiger partial charge is 0.492 e. The molecular formula is C16H20N2O2. The molecule has 2 aliphatic rings. The number of rotatable bonds is 6. The van der Waals surface area contributed by atoms with Gasteiger partial charge in [-0.3, -0.25) is 0 Å². The van der Waals surface area contributed by atoms with E-state index in [1.165, 1.54) is 12.8 Å². The van der Waals surface area contributed by atoms with Gasteiger partial charge in [0.1, 0.15) is 12.4 Å². The van der Waals surface area contributed by atoms with Crippen molar-refractivity contribution in [2.24, 2.45) is 5.92 Å². The topological polar surface area (TPSA) is 54.3 Å². The van der Waals surface area contributed by atoms with Crippen LogP contribution in [0.15, 0.2) is 24.3 Å². The number of nitriles is 1. The molecule has 0 aromatic heterocycles. The quantitative estimate of drug-likeness (QED) is 0.806. The van der Waals surface area contributed by atoms with E-state index in [1.807, 2.05) is 12.1 Å². The fraction of sp³-hybridized carbons (Fsp3) is 0.562. The summed E-state index contributed by atoms with van der Waals surface area (Å²) in [5.74, 6) is 1.60. The molecule has 4 heteroatoms. The molecule has 3 rings (SSSR count). The van der Waals surface area contributed by atoms with Crippen molar-refractivity contribution < 1.29 is 9.47 Å². The minimum Gasteiger partial charge on any atom is -0.492 e. The van der Waals surface area contributed by atoms with Gasteiger partial charge in [0.05, 0.1) is 17.7 Å². The van der Waals surface area contributed by atoms with Gasteiger partial charge in [0, 0.05) is 19.2 Å². The Kier molecular flexibility index (Phi) is 4.19. The Morgan fingerprint density at radius 2 is 2.05 bits per heavy atom. The molecule has 106 valence electrons. The predicted octanol–water partition coefficient (Wildman–Crippen LogP) is 2.09. The Balaban J connectivity index is 1.38. The van der Waals surface area contributed by atoms with E-state index >= 15 is 0 Å². The summed E-state index contributed by atoms with van der Waals surface area (Å²) < 4.78 is 11.5. The van der Waals surface area contributed by atoms with Crippen LogP contribution in [0, 0.1) is 17.2 Å². The molecule has 1 aromatic carbocycles. The summed E-state index contributed by atoms with van der Waals surface area (Å²) in [6.07, 6.45) is 4.18. The van der Waals surface area contributed by atoms with E-state index in [9.17, 15) is 0 Å². The standard InChI is InChI=1S/C16H20N2O2/c17-11-12-1-5-14(6-2-12)19-10-8-18-15-7-9-20-16(15)13-3-4-13/h1-2,5-6,13,15-16,18H,3-4,7-10H2/t15-,16+/m1/s1. The minimum atomic E-state index is 0.421. The number of nitrogens with zero attached hydrogens (tertiary/aromatic N) is 1. The second-order valence-corrected chi connectivity index (χ2v) is 5.51. The van der Waals surface area contributed by atoms with Gasteiger partial charge in [-0.1, -0.05) is 0 Å². The Morgan fingerprint density at radius 1 is 1.25 bits per heavy atom. The van der Waals surface area contributed by atoms with Crippen LogP contribution in [-0.2, 0) is 4.74 Å². The van der Waals surface area contributed by atoms with E-state index in [0.29, 0.717) is 24.3 Å². The second-order valence-electron chi connectivity index (χ2n) is 5.51. The van der Waals surface area contributed by atoms with Crippen LogP contribution in [0.5, 0.6) is 5.75 Å². The van der Waals surface area contributed by atoms with Crippen molar-refractivity contribution in [2.75, 3.05) is 19.8 Å². The first-order valence-corrected chi connectivity index (χ1v) is 7.35. The molecule has 20 heavy (non-hydrogen) atoms.